The van der Waals surface area contributed by atoms with Crippen LogP contribution in [0.15, 0.2) is 6.07 Å². The van der Waals surface area contributed by atoms with Crippen molar-refractivity contribution in [2.75, 3.05) is 25.6 Å². The molecule has 0 radical (unpaired) electrons. The van der Waals surface area contributed by atoms with E-state index >= 15 is 0 Å². The second kappa shape index (κ2) is 8.44. The third-order valence-corrected chi connectivity index (χ3v) is 2.85. The molecular formula is C14H23N3O2. The molecule has 1 aromatic rings. The topological polar surface area (TPSA) is 73.2 Å². The molecule has 19 heavy (non-hydrogen) atoms. The van der Waals surface area contributed by atoms with Crippen LogP contribution in [-0.4, -0.2) is 24.4 Å². The molecule has 1 aromatic heterocycles. The third-order valence-electron chi connectivity index (χ3n) is 2.85. The number of hydrogen-bond acceptors (Lipinski definition) is 4. The Labute approximate surface area is 114 Å². The zero-order chi connectivity index (χ0) is 14.1. The first kappa shape index (κ1) is 15.4. The van der Waals surface area contributed by atoms with E-state index in [0.717, 1.165) is 25.8 Å². The van der Waals surface area contributed by atoms with Gasteiger partial charge in [-0.3, -0.25) is 0 Å². The second-order valence-corrected chi connectivity index (χ2v) is 4.31. The van der Waals surface area contributed by atoms with Gasteiger partial charge in [0.15, 0.2) is 0 Å². The smallest absolute Gasteiger partial charge is 0.218 e. The zero-order valence-corrected chi connectivity index (χ0v) is 11.8. The molecule has 0 amide bonds. The van der Waals surface area contributed by atoms with Gasteiger partial charge < -0.3 is 19.8 Å². The Morgan fingerprint density at radius 2 is 2.11 bits per heavy atom. The normalized spacial score (nSPS) is 10.4. The second-order valence-electron chi connectivity index (χ2n) is 4.31. The van der Waals surface area contributed by atoms with Crippen LogP contribution in [0.5, 0.6) is 5.88 Å². The molecule has 0 saturated heterocycles. The lowest BCUT2D eigenvalue weighted by Gasteiger charge is -2.12. The predicted molar refractivity (Wildman–Crippen MR) is 75.1 cm³/mol. The number of nitriles is 1. The lowest BCUT2D eigenvalue weighted by molar-refractivity contribution is 0.107. The molecule has 1 heterocycles. The highest BCUT2D eigenvalue weighted by molar-refractivity contribution is 5.55. The van der Waals surface area contributed by atoms with Crippen molar-refractivity contribution in [3.63, 3.8) is 0 Å². The Morgan fingerprint density at radius 3 is 2.74 bits per heavy atom. The van der Waals surface area contributed by atoms with Crippen LogP contribution in [0.1, 0.15) is 38.8 Å². The molecule has 0 aliphatic heterocycles. The Kier molecular flexibility index (Phi) is 6.83. The van der Waals surface area contributed by atoms with E-state index in [4.69, 9.17) is 20.5 Å². The van der Waals surface area contributed by atoms with Gasteiger partial charge in [-0.05, 0) is 13.3 Å². The van der Waals surface area contributed by atoms with Gasteiger partial charge in [0.1, 0.15) is 18.4 Å². The average Bonchev–Trinajstić information content (AvgIpc) is 2.71. The molecule has 106 valence electrons. The Bertz CT molecular complexity index is 421. The first-order valence-corrected chi connectivity index (χ1v) is 6.84. The van der Waals surface area contributed by atoms with Gasteiger partial charge in [-0.2, -0.15) is 5.26 Å². The summed E-state index contributed by atoms with van der Waals surface area (Å²) < 4.78 is 12.7. The van der Waals surface area contributed by atoms with E-state index in [2.05, 4.69) is 13.0 Å². The quantitative estimate of drug-likeness (QED) is 0.696. The average molecular weight is 265 g/mol. The van der Waals surface area contributed by atoms with Crippen LogP contribution in [0, 0.1) is 11.3 Å². The maximum atomic E-state index is 9.12. The van der Waals surface area contributed by atoms with Gasteiger partial charge in [0.25, 0.3) is 0 Å². The highest BCUT2D eigenvalue weighted by Gasteiger charge is 2.14. The molecule has 0 spiro atoms. The van der Waals surface area contributed by atoms with E-state index in [0.29, 0.717) is 37.1 Å². The summed E-state index contributed by atoms with van der Waals surface area (Å²) in [5.74, 6) is 0.590. The molecule has 0 bridgehead atoms. The number of ether oxygens (including phenoxy) is 2. The minimum atomic E-state index is 0.445. The summed E-state index contributed by atoms with van der Waals surface area (Å²) >= 11 is 0. The van der Waals surface area contributed by atoms with Gasteiger partial charge in [-0.15, -0.1) is 0 Å². The van der Waals surface area contributed by atoms with Crippen LogP contribution in [0.4, 0.5) is 5.69 Å². The van der Waals surface area contributed by atoms with E-state index in [1.807, 2.05) is 11.5 Å². The molecule has 0 aliphatic rings. The van der Waals surface area contributed by atoms with Crippen molar-refractivity contribution in [2.45, 2.75) is 39.7 Å². The fourth-order valence-corrected chi connectivity index (χ4v) is 1.89. The van der Waals surface area contributed by atoms with Crippen molar-refractivity contribution in [2.24, 2.45) is 0 Å². The minimum absolute atomic E-state index is 0.445. The SMILES string of the molecule is CCCCCn1c(C#N)cc(N)c1OCCOCC. The fourth-order valence-electron chi connectivity index (χ4n) is 1.89. The van der Waals surface area contributed by atoms with Gasteiger partial charge in [0.2, 0.25) is 5.88 Å². The number of nitrogens with zero attached hydrogens (tertiary/aromatic N) is 2. The van der Waals surface area contributed by atoms with Crippen LogP contribution in [-0.2, 0) is 11.3 Å². The van der Waals surface area contributed by atoms with Crippen molar-refractivity contribution in [3.05, 3.63) is 11.8 Å². The van der Waals surface area contributed by atoms with Gasteiger partial charge >= 0.3 is 0 Å². The maximum Gasteiger partial charge on any atom is 0.218 e. The Balaban J connectivity index is 2.71. The Morgan fingerprint density at radius 1 is 1.32 bits per heavy atom. The lowest BCUT2D eigenvalue weighted by Crippen LogP contribution is -2.11. The molecule has 5 heteroatoms. The van der Waals surface area contributed by atoms with Crippen molar-refractivity contribution in [3.8, 4) is 11.9 Å². The molecule has 0 aliphatic carbocycles. The predicted octanol–water partition coefficient (Wildman–Crippen LogP) is 2.55. The molecule has 0 saturated carbocycles. The summed E-state index contributed by atoms with van der Waals surface area (Å²) in [5.41, 5.74) is 6.97. The highest BCUT2D eigenvalue weighted by Crippen LogP contribution is 2.27. The summed E-state index contributed by atoms with van der Waals surface area (Å²) in [6, 6.07) is 3.83. The molecule has 2 N–H and O–H groups in total. The van der Waals surface area contributed by atoms with Gasteiger partial charge in [0.05, 0.1) is 12.3 Å². The number of nitrogen functional groups attached to an aromatic ring is 1. The highest BCUT2D eigenvalue weighted by atomic mass is 16.5. The van der Waals surface area contributed by atoms with Crippen molar-refractivity contribution in [1.82, 2.24) is 4.57 Å². The van der Waals surface area contributed by atoms with E-state index in [1.165, 1.54) is 0 Å². The summed E-state index contributed by atoms with van der Waals surface area (Å²) in [7, 11) is 0. The largest absolute Gasteiger partial charge is 0.475 e. The molecule has 0 fully saturated rings. The van der Waals surface area contributed by atoms with Crippen molar-refractivity contribution >= 4 is 5.69 Å². The standard InChI is InChI=1S/C14H23N3O2/c1-3-5-6-7-17-12(11-15)10-13(16)14(17)19-9-8-18-4-2/h10H,3-9,16H2,1-2H3. The summed E-state index contributed by atoms with van der Waals surface area (Å²) in [4.78, 5) is 0. The van der Waals surface area contributed by atoms with E-state index in [-0.39, 0.29) is 0 Å². The van der Waals surface area contributed by atoms with E-state index in [9.17, 15) is 0 Å². The monoisotopic (exact) mass is 265 g/mol. The fraction of sp³-hybridized carbons (Fsp3) is 0.643. The molecule has 0 atom stereocenters. The number of rotatable bonds is 9. The number of hydrogen-bond donors (Lipinski definition) is 1. The van der Waals surface area contributed by atoms with Crippen LogP contribution in [0.3, 0.4) is 0 Å². The van der Waals surface area contributed by atoms with Gasteiger partial charge in [-0.1, -0.05) is 19.8 Å². The number of unbranched alkanes of at least 4 members (excludes halogenated alkanes) is 2. The molecular weight excluding hydrogens is 242 g/mol. The van der Waals surface area contributed by atoms with E-state index in [1.54, 1.807) is 6.07 Å². The molecule has 1 rings (SSSR count). The van der Waals surface area contributed by atoms with Crippen LogP contribution < -0.4 is 10.5 Å². The Hall–Kier alpha value is -1.67. The number of aromatic nitrogens is 1. The first-order valence-electron chi connectivity index (χ1n) is 6.84. The molecule has 5 nitrogen and oxygen atoms in total. The van der Waals surface area contributed by atoms with Gasteiger partial charge in [0, 0.05) is 19.2 Å². The maximum absolute atomic E-state index is 9.12. The van der Waals surface area contributed by atoms with Crippen LogP contribution in [0.25, 0.3) is 0 Å². The van der Waals surface area contributed by atoms with Crippen LogP contribution in [0.2, 0.25) is 0 Å². The number of anilines is 1. The first-order chi connectivity index (χ1) is 9.24. The summed E-state index contributed by atoms with van der Waals surface area (Å²) in [6.45, 7) is 6.49. The third kappa shape index (κ3) is 4.49. The van der Waals surface area contributed by atoms with Crippen molar-refractivity contribution < 1.29 is 9.47 Å². The summed E-state index contributed by atoms with van der Waals surface area (Å²) in [5, 5.41) is 9.12. The lowest BCUT2D eigenvalue weighted by atomic mass is 10.2. The molecule has 0 aromatic carbocycles. The van der Waals surface area contributed by atoms with Crippen molar-refractivity contribution in [1.29, 1.82) is 5.26 Å². The number of nitrogens with two attached hydrogens (primary N) is 1. The minimum Gasteiger partial charge on any atom is -0.475 e. The molecule has 0 unspecified atom stereocenters. The van der Waals surface area contributed by atoms with Crippen LogP contribution >= 0.6 is 0 Å². The summed E-state index contributed by atoms with van der Waals surface area (Å²) in [6.07, 6.45) is 3.28. The zero-order valence-electron chi connectivity index (χ0n) is 11.8. The van der Waals surface area contributed by atoms with E-state index < -0.39 is 0 Å². The van der Waals surface area contributed by atoms with Gasteiger partial charge in [-0.25, -0.2) is 0 Å².